The van der Waals surface area contributed by atoms with Crippen LogP contribution in [-0.4, -0.2) is 35.5 Å². The fourth-order valence-corrected chi connectivity index (χ4v) is 4.02. The summed E-state index contributed by atoms with van der Waals surface area (Å²) in [6, 6.07) is 9.47. The van der Waals surface area contributed by atoms with E-state index in [1.54, 1.807) is 16.9 Å². The van der Waals surface area contributed by atoms with Crippen LogP contribution < -0.4 is 5.32 Å². The third-order valence-electron chi connectivity index (χ3n) is 4.80. The van der Waals surface area contributed by atoms with Crippen LogP contribution in [0.2, 0.25) is 0 Å². The van der Waals surface area contributed by atoms with Crippen LogP contribution in [-0.2, 0) is 11.2 Å². The topological polar surface area (TPSA) is 98.0 Å². The Bertz CT molecular complexity index is 1280. The van der Waals surface area contributed by atoms with Gasteiger partial charge in [0.2, 0.25) is 5.16 Å². The zero-order chi connectivity index (χ0) is 22.9. The van der Waals surface area contributed by atoms with Gasteiger partial charge < -0.3 is 5.32 Å². The molecule has 0 aliphatic rings. The SMILES string of the molecule is Cc1cc(C)n2nc(SCc3ccccc3C(=O)Nc3cnc(C(C)(C)C)nc3)nc2n1. The van der Waals surface area contributed by atoms with Crippen LogP contribution in [0.1, 0.15) is 53.9 Å². The largest absolute Gasteiger partial charge is 0.319 e. The van der Waals surface area contributed by atoms with Gasteiger partial charge in [0.15, 0.2) is 0 Å². The van der Waals surface area contributed by atoms with Crippen LogP contribution in [0.3, 0.4) is 0 Å². The summed E-state index contributed by atoms with van der Waals surface area (Å²) in [6.07, 6.45) is 3.28. The first kappa shape index (κ1) is 21.9. The lowest BCUT2D eigenvalue weighted by molar-refractivity contribution is 0.102. The summed E-state index contributed by atoms with van der Waals surface area (Å²) >= 11 is 1.47. The molecule has 0 unspecified atom stereocenters. The first-order valence-electron chi connectivity index (χ1n) is 10.3. The van der Waals surface area contributed by atoms with E-state index in [0.29, 0.717) is 27.9 Å². The van der Waals surface area contributed by atoms with Crippen molar-refractivity contribution in [2.45, 2.75) is 50.9 Å². The van der Waals surface area contributed by atoms with Gasteiger partial charge in [-0.1, -0.05) is 50.7 Å². The normalized spacial score (nSPS) is 11.7. The Morgan fingerprint density at radius 3 is 2.53 bits per heavy atom. The van der Waals surface area contributed by atoms with Crippen LogP contribution in [0.4, 0.5) is 5.69 Å². The van der Waals surface area contributed by atoms with Crippen molar-refractivity contribution in [1.82, 2.24) is 29.5 Å². The maximum atomic E-state index is 12.9. The van der Waals surface area contributed by atoms with Crippen molar-refractivity contribution >= 4 is 29.1 Å². The highest BCUT2D eigenvalue weighted by Crippen LogP contribution is 2.24. The number of aromatic nitrogens is 6. The number of nitrogens with one attached hydrogen (secondary N) is 1. The van der Waals surface area contributed by atoms with E-state index in [4.69, 9.17) is 0 Å². The minimum absolute atomic E-state index is 0.148. The maximum absolute atomic E-state index is 12.9. The van der Waals surface area contributed by atoms with E-state index < -0.39 is 0 Å². The highest BCUT2D eigenvalue weighted by Gasteiger charge is 2.18. The molecule has 4 rings (SSSR count). The van der Waals surface area contributed by atoms with Gasteiger partial charge in [0, 0.05) is 28.1 Å². The molecule has 0 spiro atoms. The molecule has 1 amide bonds. The van der Waals surface area contributed by atoms with Crippen molar-refractivity contribution in [3.63, 3.8) is 0 Å². The number of carbonyl (C=O) groups is 1. The Hall–Kier alpha value is -3.33. The Balaban J connectivity index is 1.49. The van der Waals surface area contributed by atoms with Crippen LogP contribution >= 0.6 is 11.8 Å². The number of amides is 1. The molecule has 0 saturated heterocycles. The van der Waals surface area contributed by atoms with Gasteiger partial charge in [-0.05, 0) is 31.5 Å². The van der Waals surface area contributed by atoms with E-state index in [1.807, 2.05) is 65.0 Å². The summed E-state index contributed by atoms with van der Waals surface area (Å²) in [5, 5.41) is 8.04. The highest BCUT2D eigenvalue weighted by molar-refractivity contribution is 7.98. The average molecular weight is 448 g/mol. The smallest absolute Gasteiger partial charge is 0.256 e. The van der Waals surface area contributed by atoms with E-state index >= 15 is 0 Å². The molecule has 0 radical (unpaired) electrons. The number of thioether (sulfide) groups is 1. The van der Waals surface area contributed by atoms with E-state index in [-0.39, 0.29) is 11.3 Å². The molecule has 1 aromatic carbocycles. The lowest BCUT2D eigenvalue weighted by atomic mass is 9.96. The third-order valence-corrected chi connectivity index (χ3v) is 5.68. The van der Waals surface area contributed by atoms with Crippen LogP contribution in [0.15, 0.2) is 47.9 Å². The highest BCUT2D eigenvalue weighted by atomic mass is 32.2. The Morgan fingerprint density at radius 2 is 1.81 bits per heavy atom. The molecule has 0 atom stereocenters. The van der Waals surface area contributed by atoms with Gasteiger partial charge in [0.25, 0.3) is 11.7 Å². The Morgan fingerprint density at radius 1 is 1.09 bits per heavy atom. The molecule has 0 saturated carbocycles. The van der Waals surface area contributed by atoms with Crippen molar-refractivity contribution in [2.24, 2.45) is 0 Å². The minimum atomic E-state index is -0.204. The summed E-state index contributed by atoms with van der Waals surface area (Å²) < 4.78 is 1.73. The number of benzene rings is 1. The molecule has 3 heterocycles. The first-order chi connectivity index (χ1) is 15.2. The second kappa shape index (κ2) is 8.66. The number of fused-ring (bicyclic) bond motifs is 1. The van der Waals surface area contributed by atoms with Crippen molar-refractivity contribution in [1.29, 1.82) is 0 Å². The standard InChI is InChI=1S/C23H25N7OS/c1-14-10-15(2)30-21(26-14)28-22(29-30)32-13-16-8-6-7-9-18(16)19(31)27-17-11-24-20(25-12-17)23(3,4)5/h6-12H,13H2,1-5H3,(H,27,31). The summed E-state index contributed by atoms with van der Waals surface area (Å²) in [5.74, 6) is 1.66. The molecule has 9 heteroatoms. The predicted molar refractivity (Wildman–Crippen MR) is 125 cm³/mol. The molecule has 0 bridgehead atoms. The number of nitrogens with zero attached hydrogens (tertiary/aromatic N) is 6. The molecule has 8 nitrogen and oxygen atoms in total. The zero-order valence-electron chi connectivity index (χ0n) is 18.7. The average Bonchev–Trinajstić information content (AvgIpc) is 3.15. The quantitative estimate of drug-likeness (QED) is 0.454. The lowest BCUT2D eigenvalue weighted by Gasteiger charge is -2.16. The molecule has 0 fully saturated rings. The molecular formula is C23H25N7OS. The van der Waals surface area contributed by atoms with Crippen molar-refractivity contribution in [3.05, 3.63) is 71.1 Å². The molecule has 4 aromatic rings. The number of rotatable bonds is 5. The third kappa shape index (κ3) is 4.77. The van der Waals surface area contributed by atoms with Crippen LogP contribution in [0.25, 0.3) is 5.78 Å². The molecule has 164 valence electrons. The van der Waals surface area contributed by atoms with Crippen molar-refractivity contribution in [3.8, 4) is 0 Å². The second-order valence-corrected chi connectivity index (χ2v) is 9.53. The summed E-state index contributed by atoms with van der Waals surface area (Å²) in [4.78, 5) is 30.6. The summed E-state index contributed by atoms with van der Waals surface area (Å²) in [6.45, 7) is 10.0. The molecule has 3 aromatic heterocycles. The first-order valence-corrected chi connectivity index (χ1v) is 11.2. The molecule has 1 N–H and O–H groups in total. The van der Waals surface area contributed by atoms with Crippen LogP contribution in [0.5, 0.6) is 0 Å². The van der Waals surface area contributed by atoms with Gasteiger partial charge in [0.1, 0.15) is 5.82 Å². The lowest BCUT2D eigenvalue weighted by Crippen LogP contribution is -2.18. The van der Waals surface area contributed by atoms with Gasteiger partial charge in [-0.25, -0.2) is 19.5 Å². The van der Waals surface area contributed by atoms with E-state index in [9.17, 15) is 4.79 Å². The van der Waals surface area contributed by atoms with Gasteiger partial charge in [-0.3, -0.25) is 4.79 Å². The molecule has 0 aliphatic heterocycles. The summed E-state index contributed by atoms with van der Waals surface area (Å²) in [5.41, 5.74) is 3.78. The van der Waals surface area contributed by atoms with E-state index in [1.165, 1.54) is 11.8 Å². The van der Waals surface area contributed by atoms with Crippen molar-refractivity contribution in [2.75, 3.05) is 5.32 Å². The minimum Gasteiger partial charge on any atom is -0.319 e. The van der Waals surface area contributed by atoms with Crippen LogP contribution in [0, 0.1) is 13.8 Å². The number of anilines is 1. The van der Waals surface area contributed by atoms with Gasteiger partial charge in [0.05, 0.1) is 18.1 Å². The zero-order valence-corrected chi connectivity index (χ0v) is 19.6. The Labute approximate surface area is 190 Å². The fourth-order valence-electron chi connectivity index (χ4n) is 3.20. The molecule has 32 heavy (non-hydrogen) atoms. The van der Waals surface area contributed by atoms with Crippen molar-refractivity contribution < 1.29 is 4.79 Å². The maximum Gasteiger partial charge on any atom is 0.256 e. The Kier molecular flexibility index (Phi) is 5.92. The van der Waals surface area contributed by atoms with Gasteiger partial charge in [-0.2, -0.15) is 4.98 Å². The number of hydrogen-bond acceptors (Lipinski definition) is 7. The monoisotopic (exact) mass is 447 g/mol. The van der Waals surface area contributed by atoms with E-state index in [0.717, 1.165) is 22.8 Å². The number of carbonyl (C=O) groups excluding carboxylic acids is 1. The van der Waals surface area contributed by atoms with Gasteiger partial charge >= 0.3 is 0 Å². The van der Waals surface area contributed by atoms with Gasteiger partial charge in [-0.15, -0.1) is 5.10 Å². The second-order valence-electron chi connectivity index (χ2n) is 8.59. The fraction of sp³-hybridized carbons (Fsp3) is 0.304. The molecule has 0 aliphatic carbocycles. The number of hydrogen-bond donors (Lipinski definition) is 1. The molecular weight excluding hydrogens is 422 g/mol. The number of aryl methyl sites for hydroxylation is 2. The van der Waals surface area contributed by atoms with E-state index in [2.05, 4.69) is 30.4 Å². The summed E-state index contributed by atoms with van der Waals surface area (Å²) in [7, 11) is 0. The predicted octanol–water partition coefficient (Wildman–Crippen LogP) is 4.37.